The molecule has 0 bridgehead atoms. The summed E-state index contributed by atoms with van der Waals surface area (Å²) in [6.07, 6.45) is 0.819. The third kappa shape index (κ3) is 7.28. The molecule has 0 saturated heterocycles. The minimum Gasteiger partial charge on any atom is -0.506 e. The number of hydrogen-bond acceptors (Lipinski definition) is 7. The lowest BCUT2D eigenvalue weighted by atomic mass is 10.0. The van der Waals surface area contributed by atoms with Crippen molar-refractivity contribution in [1.82, 2.24) is 14.8 Å². The molecular formula is C32H42N4O4S. The number of likely N-dealkylation sites (N-methyl/N-ethyl adjacent to an activating group) is 1. The highest BCUT2D eigenvalue weighted by atomic mass is 32.1. The zero-order valence-electron chi connectivity index (χ0n) is 24.6. The number of thiazole rings is 1. The van der Waals surface area contributed by atoms with Gasteiger partial charge in [0, 0.05) is 19.6 Å². The lowest BCUT2D eigenvalue weighted by Gasteiger charge is -2.39. The summed E-state index contributed by atoms with van der Waals surface area (Å²) in [6.45, 7) is 13.0. The first-order valence-electron chi connectivity index (χ1n) is 14.6. The fourth-order valence-corrected chi connectivity index (χ4v) is 6.33. The van der Waals surface area contributed by atoms with Crippen LogP contribution in [0.15, 0.2) is 59.4 Å². The summed E-state index contributed by atoms with van der Waals surface area (Å²) in [7, 11) is 0. The molecule has 41 heavy (non-hydrogen) atoms. The van der Waals surface area contributed by atoms with Gasteiger partial charge in [-0.05, 0) is 61.8 Å². The number of amides is 1. The second kappa shape index (κ2) is 14.5. The molecule has 0 fully saturated rings. The number of benzene rings is 3. The Morgan fingerprint density at radius 2 is 1.73 bits per heavy atom. The minimum absolute atomic E-state index is 0.0329. The van der Waals surface area contributed by atoms with Gasteiger partial charge in [0.2, 0.25) is 5.91 Å². The molecule has 0 aliphatic heterocycles. The molecule has 220 valence electrons. The quantitative estimate of drug-likeness (QED) is 0.144. The van der Waals surface area contributed by atoms with Crippen molar-refractivity contribution in [3.63, 3.8) is 0 Å². The van der Waals surface area contributed by atoms with Gasteiger partial charge in [-0.15, -0.1) is 0 Å². The maximum absolute atomic E-state index is 13.7. The number of aromatic hydroxyl groups is 1. The highest BCUT2D eigenvalue weighted by Crippen LogP contribution is 2.35. The summed E-state index contributed by atoms with van der Waals surface area (Å²) >= 11 is 1.07. The largest absolute Gasteiger partial charge is 0.506 e. The van der Waals surface area contributed by atoms with E-state index < -0.39 is 0 Å². The van der Waals surface area contributed by atoms with Crippen LogP contribution in [0.25, 0.3) is 21.0 Å². The topological polar surface area (TPSA) is 89.1 Å². The lowest BCUT2D eigenvalue weighted by Crippen LogP contribution is -2.52. The standard InChI is InChI=1S/C32H42N4O4S/c1-5-34(6-2)19-20-36(23(4)35(7-3)27-15-16-28(37)30-31(27)41-32(39)33-30)29(38)18-22-40-21-17-25-13-10-12-24-11-8-9-14-26(24)25/h8-16,23,37H,5-7,17-22H2,1-4H3,(H,33,39). The van der Waals surface area contributed by atoms with E-state index in [9.17, 15) is 14.7 Å². The van der Waals surface area contributed by atoms with Crippen molar-refractivity contribution in [3.8, 4) is 5.75 Å². The van der Waals surface area contributed by atoms with Gasteiger partial charge >= 0.3 is 4.87 Å². The van der Waals surface area contributed by atoms with E-state index in [1.165, 1.54) is 16.3 Å². The van der Waals surface area contributed by atoms with E-state index in [-0.39, 0.29) is 29.1 Å². The molecule has 1 heterocycles. The van der Waals surface area contributed by atoms with E-state index in [0.29, 0.717) is 36.5 Å². The fraction of sp³-hybridized carbons (Fsp3) is 0.438. The average molecular weight is 579 g/mol. The lowest BCUT2D eigenvalue weighted by molar-refractivity contribution is -0.134. The fourth-order valence-electron chi connectivity index (χ4n) is 5.44. The van der Waals surface area contributed by atoms with Gasteiger partial charge in [-0.3, -0.25) is 9.59 Å². The summed E-state index contributed by atoms with van der Waals surface area (Å²) in [5, 5.41) is 12.8. The number of aromatic amines is 1. The molecule has 0 saturated carbocycles. The number of phenolic OH excluding ortho intramolecular Hbond substituents is 1. The molecule has 3 aromatic carbocycles. The molecule has 0 radical (unpaired) electrons. The summed E-state index contributed by atoms with van der Waals surface area (Å²) in [5.41, 5.74) is 2.50. The number of H-pyrrole nitrogens is 1. The first-order chi connectivity index (χ1) is 19.9. The molecule has 1 unspecified atom stereocenters. The maximum Gasteiger partial charge on any atom is 0.305 e. The number of fused-ring (bicyclic) bond motifs is 2. The van der Waals surface area contributed by atoms with Crippen LogP contribution in [-0.4, -0.2) is 77.9 Å². The first-order valence-corrected chi connectivity index (χ1v) is 15.4. The Bertz CT molecular complexity index is 1490. The first kappa shape index (κ1) is 30.6. The third-order valence-electron chi connectivity index (χ3n) is 7.82. The molecule has 1 aromatic heterocycles. The van der Waals surface area contributed by atoms with Crippen LogP contribution in [0.1, 0.15) is 39.7 Å². The molecule has 0 aliphatic rings. The van der Waals surface area contributed by atoms with Crippen molar-refractivity contribution in [2.45, 2.75) is 46.7 Å². The normalized spacial score (nSPS) is 12.3. The van der Waals surface area contributed by atoms with Crippen LogP contribution < -0.4 is 9.77 Å². The van der Waals surface area contributed by atoms with Crippen molar-refractivity contribution < 1.29 is 14.6 Å². The van der Waals surface area contributed by atoms with Crippen LogP contribution in [0, 0.1) is 0 Å². The summed E-state index contributed by atoms with van der Waals surface area (Å²) in [6, 6.07) is 18.1. The Labute approximate surface area is 246 Å². The van der Waals surface area contributed by atoms with Crippen LogP contribution in [0.4, 0.5) is 5.69 Å². The molecule has 8 nitrogen and oxygen atoms in total. The Morgan fingerprint density at radius 3 is 2.49 bits per heavy atom. The Kier molecular flexibility index (Phi) is 10.8. The predicted molar refractivity (Wildman–Crippen MR) is 169 cm³/mol. The van der Waals surface area contributed by atoms with Gasteiger partial charge in [0.15, 0.2) is 0 Å². The maximum atomic E-state index is 13.7. The zero-order valence-corrected chi connectivity index (χ0v) is 25.4. The van der Waals surface area contributed by atoms with Gasteiger partial charge in [-0.1, -0.05) is 67.6 Å². The van der Waals surface area contributed by atoms with Crippen molar-refractivity contribution in [2.75, 3.05) is 50.8 Å². The van der Waals surface area contributed by atoms with Crippen molar-refractivity contribution in [1.29, 1.82) is 0 Å². The predicted octanol–water partition coefficient (Wildman–Crippen LogP) is 5.44. The van der Waals surface area contributed by atoms with E-state index in [1.54, 1.807) is 6.07 Å². The Balaban J connectivity index is 1.44. The number of ether oxygens (including phenoxy) is 1. The third-order valence-corrected chi connectivity index (χ3v) is 8.72. The second-order valence-electron chi connectivity index (χ2n) is 10.1. The molecule has 4 aromatic rings. The van der Waals surface area contributed by atoms with E-state index in [4.69, 9.17) is 4.74 Å². The Hall–Kier alpha value is -3.40. The monoisotopic (exact) mass is 578 g/mol. The zero-order chi connectivity index (χ0) is 29.4. The number of hydrogen-bond donors (Lipinski definition) is 2. The van der Waals surface area contributed by atoms with Gasteiger partial charge in [-0.2, -0.15) is 0 Å². The van der Waals surface area contributed by atoms with Crippen LogP contribution in [0.3, 0.4) is 0 Å². The number of carbonyl (C=O) groups is 1. The second-order valence-corrected chi connectivity index (χ2v) is 11.1. The number of nitrogens with zero attached hydrogens (tertiary/aromatic N) is 3. The van der Waals surface area contributed by atoms with E-state index in [2.05, 4.69) is 65.0 Å². The minimum atomic E-state index is -0.260. The van der Waals surface area contributed by atoms with E-state index in [0.717, 1.165) is 43.1 Å². The molecule has 4 rings (SSSR count). The number of aromatic nitrogens is 1. The Morgan fingerprint density at radius 1 is 0.976 bits per heavy atom. The molecule has 1 atom stereocenters. The average Bonchev–Trinajstić information content (AvgIpc) is 3.39. The number of carbonyl (C=O) groups excluding carboxylic acids is 1. The molecule has 9 heteroatoms. The smallest absolute Gasteiger partial charge is 0.305 e. The molecule has 2 N–H and O–H groups in total. The van der Waals surface area contributed by atoms with E-state index >= 15 is 0 Å². The highest BCUT2D eigenvalue weighted by molar-refractivity contribution is 7.17. The molecule has 0 spiro atoms. The molecule has 0 aliphatic carbocycles. The van der Waals surface area contributed by atoms with E-state index in [1.807, 2.05) is 30.9 Å². The van der Waals surface area contributed by atoms with Crippen molar-refractivity contribution >= 4 is 43.9 Å². The van der Waals surface area contributed by atoms with Crippen LogP contribution >= 0.6 is 11.3 Å². The summed E-state index contributed by atoms with van der Waals surface area (Å²) < 4.78 is 6.65. The molecular weight excluding hydrogens is 536 g/mol. The van der Waals surface area contributed by atoms with Gasteiger partial charge in [0.25, 0.3) is 0 Å². The van der Waals surface area contributed by atoms with Crippen LogP contribution in [0.5, 0.6) is 5.75 Å². The SMILES string of the molecule is CCN(CC)CCN(C(=O)CCOCCc1cccc2ccccc12)C(C)N(CC)c1ccc(O)c2[nH]c(=O)sc12. The van der Waals surface area contributed by atoms with Crippen molar-refractivity contribution in [2.24, 2.45) is 0 Å². The van der Waals surface area contributed by atoms with Gasteiger partial charge < -0.3 is 29.5 Å². The number of anilines is 1. The summed E-state index contributed by atoms with van der Waals surface area (Å²) in [4.78, 5) is 34.7. The van der Waals surface area contributed by atoms with Gasteiger partial charge in [0.1, 0.15) is 17.4 Å². The van der Waals surface area contributed by atoms with Gasteiger partial charge in [0.05, 0.1) is 30.0 Å². The van der Waals surface area contributed by atoms with Crippen LogP contribution in [-0.2, 0) is 16.0 Å². The highest BCUT2D eigenvalue weighted by Gasteiger charge is 2.27. The van der Waals surface area contributed by atoms with Crippen LogP contribution in [0.2, 0.25) is 0 Å². The number of phenols is 1. The van der Waals surface area contributed by atoms with Gasteiger partial charge in [-0.25, -0.2) is 0 Å². The number of rotatable bonds is 15. The van der Waals surface area contributed by atoms with Crippen molar-refractivity contribution in [3.05, 3.63) is 69.8 Å². The summed E-state index contributed by atoms with van der Waals surface area (Å²) in [5.74, 6) is 0.0754. The molecule has 1 amide bonds. The number of nitrogens with one attached hydrogen (secondary N) is 1.